The molecule has 0 bridgehead atoms. The van der Waals surface area contributed by atoms with Crippen LogP contribution in [0.4, 0.5) is 0 Å². The summed E-state index contributed by atoms with van der Waals surface area (Å²) in [6.45, 7) is 8.67. The Hall–Kier alpha value is -1.81. The van der Waals surface area contributed by atoms with E-state index in [4.69, 9.17) is 9.47 Å². The van der Waals surface area contributed by atoms with Crippen molar-refractivity contribution in [2.45, 2.75) is 46.5 Å². The number of hydrogen-bond donors (Lipinski definition) is 0. The number of ether oxygens (including phenoxy) is 2. The first kappa shape index (κ1) is 19.5. The molecule has 0 saturated heterocycles. The topological polar surface area (TPSA) is 35.5 Å². The van der Waals surface area contributed by atoms with Crippen molar-refractivity contribution in [1.29, 1.82) is 0 Å². The average molecular weight is 405 g/mol. The summed E-state index contributed by atoms with van der Waals surface area (Å²) in [7, 11) is 0. The minimum Gasteiger partial charge on any atom is -0.492 e. The molecule has 0 aromatic heterocycles. The number of rotatable bonds is 7. The number of aryl methyl sites for hydroxylation is 2. The number of carbonyl (C=O) groups is 1. The number of esters is 1. The van der Waals surface area contributed by atoms with E-state index in [-0.39, 0.29) is 5.97 Å². The number of halogens is 1. The fraction of sp³-hybridized carbons (Fsp3) is 0.381. The molecule has 4 heteroatoms. The molecule has 0 N–H and O–H groups in total. The Balaban J connectivity index is 1.80. The second kappa shape index (κ2) is 9.04. The Morgan fingerprint density at radius 2 is 1.80 bits per heavy atom. The summed E-state index contributed by atoms with van der Waals surface area (Å²) in [5.41, 5.74) is 3.20. The predicted molar refractivity (Wildman–Crippen MR) is 105 cm³/mol. The molecular formula is C21H25BrO3. The van der Waals surface area contributed by atoms with Crippen molar-refractivity contribution in [2.24, 2.45) is 0 Å². The number of carbonyl (C=O) groups excluding carboxylic acids is 1. The molecule has 0 unspecified atom stereocenters. The molecular weight excluding hydrogens is 380 g/mol. The van der Waals surface area contributed by atoms with Gasteiger partial charge in [-0.15, -0.1) is 0 Å². The third kappa shape index (κ3) is 5.60. The first-order chi connectivity index (χ1) is 11.9. The molecule has 0 aliphatic rings. The highest BCUT2D eigenvalue weighted by molar-refractivity contribution is 9.10. The molecule has 134 valence electrons. The molecule has 2 aromatic carbocycles. The van der Waals surface area contributed by atoms with Gasteiger partial charge in [-0.25, -0.2) is 0 Å². The van der Waals surface area contributed by atoms with Gasteiger partial charge >= 0.3 is 5.97 Å². The van der Waals surface area contributed by atoms with Crippen molar-refractivity contribution in [3.63, 3.8) is 0 Å². The van der Waals surface area contributed by atoms with E-state index in [1.54, 1.807) is 0 Å². The van der Waals surface area contributed by atoms with Crippen LogP contribution in [0.5, 0.6) is 11.5 Å². The van der Waals surface area contributed by atoms with Crippen LogP contribution >= 0.6 is 15.9 Å². The lowest BCUT2D eigenvalue weighted by molar-refractivity contribution is -0.134. The molecule has 2 rings (SSSR count). The third-order valence-corrected chi connectivity index (χ3v) is 4.65. The van der Waals surface area contributed by atoms with Crippen LogP contribution in [0.2, 0.25) is 0 Å². The monoisotopic (exact) mass is 404 g/mol. The van der Waals surface area contributed by atoms with Gasteiger partial charge in [0.1, 0.15) is 11.5 Å². The van der Waals surface area contributed by atoms with E-state index < -0.39 is 0 Å². The van der Waals surface area contributed by atoms with Crippen molar-refractivity contribution in [2.75, 3.05) is 6.61 Å². The molecule has 2 aromatic rings. The highest BCUT2D eigenvalue weighted by Gasteiger charge is 2.10. The predicted octanol–water partition coefficient (Wildman–Crippen LogP) is 5.95. The summed E-state index contributed by atoms with van der Waals surface area (Å²) < 4.78 is 12.2. The third-order valence-electron chi connectivity index (χ3n) is 4.03. The van der Waals surface area contributed by atoms with Gasteiger partial charge in [-0.3, -0.25) is 4.79 Å². The van der Waals surface area contributed by atoms with Crippen LogP contribution in [0.3, 0.4) is 0 Å². The van der Waals surface area contributed by atoms with E-state index in [0.717, 1.165) is 21.3 Å². The van der Waals surface area contributed by atoms with Crippen LogP contribution in [0.25, 0.3) is 0 Å². The average Bonchev–Trinajstić information content (AvgIpc) is 2.56. The molecule has 0 aliphatic carbocycles. The Kier molecular flexibility index (Phi) is 7.06. The quantitative estimate of drug-likeness (QED) is 0.324. The van der Waals surface area contributed by atoms with Gasteiger partial charge in [-0.1, -0.05) is 38.1 Å². The first-order valence-corrected chi connectivity index (χ1v) is 9.37. The van der Waals surface area contributed by atoms with Crippen molar-refractivity contribution in [3.05, 3.63) is 57.6 Å². The van der Waals surface area contributed by atoms with Crippen LogP contribution in [-0.4, -0.2) is 12.6 Å². The minimum absolute atomic E-state index is 0.227. The zero-order valence-electron chi connectivity index (χ0n) is 15.3. The summed E-state index contributed by atoms with van der Waals surface area (Å²) in [5.74, 6) is 1.72. The minimum atomic E-state index is -0.227. The summed E-state index contributed by atoms with van der Waals surface area (Å²) >= 11 is 3.54. The van der Waals surface area contributed by atoms with Crippen LogP contribution in [0, 0.1) is 13.8 Å². The standard InChI is InChI=1S/C21H25BrO3/c1-14(2)17-10-11-19(18(22)13-17)24-12-6-9-20(23)25-21-15(3)7-5-8-16(21)4/h5,7-8,10-11,13-14H,6,9,12H2,1-4H3. The molecule has 0 amide bonds. The summed E-state index contributed by atoms with van der Waals surface area (Å²) in [5, 5.41) is 0. The molecule has 3 nitrogen and oxygen atoms in total. The fourth-order valence-electron chi connectivity index (χ4n) is 2.52. The van der Waals surface area contributed by atoms with E-state index in [1.807, 2.05) is 38.1 Å². The molecule has 0 saturated carbocycles. The zero-order valence-corrected chi connectivity index (χ0v) is 16.9. The molecule has 0 spiro atoms. The fourth-order valence-corrected chi connectivity index (χ4v) is 3.03. The second-order valence-corrected chi connectivity index (χ2v) is 7.35. The van der Waals surface area contributed by atoms with Gasteiger partial charge in [0.15, 0.2) is 0 Å². The van der Waals surface area contributed by atoms with E-state index >= 15 is 0 Å². The number of para-hydroxylation sites is 1. The van der Waals surface area contributed by atoms with E-state index in [9.17, 15) is 4.79 Å². The number of hydrogen-bond acceptors (Lipinski definition) is 3. The molecule has 25 heavy (non-hydrogen) atoms. The van der Waals surface area contributed by atoms with E-state index in [2.05, 4.69) is 41.9 Å². The zero-order chi connectivity index (χ0) is 18.4. The van der Waals surface area contributed by atoms with Gasteiger partial charge < -0.3 is 9.47 Å². The van der Waals surface area contributed by atoms with Crippen LogP contribution in [0.1, 0.15) is 49.3 Å². The molecule has 0 heterocycles. The Morgan fingerprint density at radius 3 is 2.40 bits per heavy atom. The largest absolute Gasteiger partial charge is 0.492 e. The summed E-state index contributed by atoms with van der Waals surface area (Å²) in [6, 6.07) is 12.0. The molecule has 0 fully saturated rings. The van der Waals surface area contributed by atoms with Crippen LogP contribution < -0.4 is 9.47 Å². The highest BCUT2D eigenvalue weighted by atomic mass is 79.9. The van der Waals surface area contributed by atoms with Gasteiger partial charge in [0, 0.05) is 6.42 Å². The van der Waals surface area contributed by atoms with Gasteiger partial charge in [-0.2, -0.15) is 0 Å². The van der Waals surface area contributed by atoms with Gasteiger partial charge in [0.25, 0.3) is 0 Å². The molecule has 0 aliphatic heterocycles. The SMILES string of the molecule is Cc1cccc(C)c1OC(=O)CCCOc1ccc(C(C)C)cc1Br. The van der Waals surface area contributed by atoms with Gasteiger partial charge in [-0.05, 0) is 70.9 Å². The first-order valence-electron chi connectivity index (χ1n) is 8.57. The van der Waals surface area contributed by atoms with Crippen molar-refractivity contribution >= 4 is 21.9 Å². The second-order valence-electron chi connectivity index (χ2n) is 6.49. The normalized spacial score (nSPS) is 10.8. The number of benzene rings is 2. The summed E-state index contributed by atoms with van der Waals surface area (Å²) in [6.07, 6.45) is 0.942. The van der Waals surface area contributed by atoms with Crippen LogP contribution in [0.15, 0.2) is 40.9 Å². The van der Waals surface area contributed by atoms with Crippen molar-refractivity contribution in [3.8, 4) is 11.5 Å². The smallest absolute Gasteiger partial charge is 0.311 e. The Labute approximate surface area is 158 Å². The maximum absolute atomic E-state index is 12.0. The maximum atomic E-state index is 12.0. The van der Waals surface area contributed by atoms with Crippen molar-refractivity contribution in [1.82, 2.24) is 0 Å². The van der Waals surface area contributed by atoms with Gasteiger partial charge in [0.05, 0.1) is 11.1 Å². The Morgan fingerprint density at radius 1 is 1.12 bits per heavy atom. The van der Waals surface area contributed by atoms with Crippen LogP contribution in [-0.2, 0) is 4.79 Å². The summed E-state index contributed by atoms with van der Waals surface area (Å²) in [4.78, 5) is 12.0. The maximum Gasteiger partial charge on any atom is 0.311 e. The molecule has 0 atom stereocenters. The lowest BCUT2D eigenvalue weighted by Crippen LogP contribution is -2.11. The van der Waals surface area contributed by atoms with Crippen molar-refractivity contribution < 1.29 is 14.3 Å². The Bertz CT molecular complexity index is 718. The van der Waals surface area contributed by atoms with E-state index in [1.165, 1.54) is 5.56 Å². The van der Waals surface area contributed by atoms with Gasteiger partial charge in [0.2, 0.25) is 0 Å². The molecule has 0 radical (unpaired) electrons. The lowest BCUT2D eigenvalue weighted by atomic mass is 10.0. The highest BCUT2D eigenvalue weighted by Crippen LogP contribution is 2.29. The van der Waals surface area contributed by atoms with E-state index in [0.29, 0.717) is 31.1 Å². The lowest BCUT2D eigenvalue weighted by Gasteiger charge is -2.12.